The molecule has 0 bridgehead atoms. The third-order valence-electron chi connectivity index (χ3n) is 1.47. The van der Waals surface area contributed by atoms with Crippen LogP contribution in [0.1, 0.15) is 6.42 Å². The summed E-state index contributed by atoms with van der Waals surface area (Å²) in [5, 5.41) is 3.03. The lowest BCUT2D eigenvalue weighted by atomic mass is 10.3. The number of ether oxygens (including phenoxy) is 1. The molecular formula is C6H12ClF2NO. The quantitative estimate of drug-likeness (QED) is 0.713. The first-order valence-corrected chi connectivity index (χ1v) is 3.39. The maximum atomic E-state index is 11.5. The van der Waals surface area contributed by atoms with Crippen LogP contribution < -0.4 is 5.32 Å². The molecule has 1 atom stereocenters. The summed E-state index contributed by atoms with van der Waals surface area (Å²) in [4.78, 5) is 0. The predicted octanol–water partition coefficient (Wildman–Crippen LogP) is 1.05. The molecule has 2 nitrogen and oxygen atoms in total. The van der Waals surface area contributed by atoms with E-state index in [4.69, 9.17) is 4.74 Å². The van der Waals surface area contributed by atoms with Crippen LogP contribution in [-0.4, -0.2) is 32.2 Å². The zero-order valence-corrected chi connectivity index (χ0v) is 6.87. The molecule has 0 saturated carbocycles. The normalized spacial score (nSPS) is 23.7. The lowest BCUT2D eigenvalue weighted by molar-refractivity contribution is -0.0162. The van der Waals surface area contributed by atoms with Crippen LogP contribution >= 0.6 is 12.4 Å². The first-order chi connectivity index (χ1) is 4.79. The molecule has 1 saturated heterocycles. The molecule has 1 N–H and O–H groups in total. The molecule has 1 aliphatic rings. The van der Waals surface area contributed by atoms with Crippen LogP contribution in [0.25, 0.3) is 0 Å². The minimum atomic E-state index is -2.33. The van der Waals surface area contributed by atoms with Crippen molar-refractivity contribution in [1.29, 1.82) is 0 Å². The van der Waals surface area contributed by atoms with Crippen molar-refractivity contribution >= 4 is 12.4 Å². The van der Waals surface area contributed by atoms with Crippen molar-refractivity contribution in [2.45, 2.75) is 19.0 Å². The summed E-state index contributed by atoms with van der Waals surface area (Å²) < 4.78 is 27.9. The molecule has 11 heavy (non-hydrogen) atoms. The zero-order chi connectivity index (χ0) is 7.40. The van der Waals surface area contributed by atoms with Crippen LogP contribution in [0.4, 0.5) is 8.78 Å². The van der Waals surface area contributed by atoms with Gasteiger partial charge in [-0.25, -0.2) is 8.78 Å². The molecule has 0 aromatic rings. The van der Waals surface area contributed by atoms with Crippen molar-refractivity contribution in [1.82, 2.24) is 5.32 Å². The molecule has 1 heterocycles. The minimum Gasteiger partial charge on any atom is -0.371 e. The molecule has 1 rings (SSSR count). The second-order valence-corrected chi connectivity index (χ2v) is 2.34. The minimum absolute atomic E-state index is 0. The fraction of sp³-hybridized carbons (Fsp3) is 1.00. The van der Waals surface area contributed by atoms with Crippen molar-refractivity contribution in [2.24, 2.45) is 0 Å². The first kappa shape index (κ1) is 11.1. The van der Waals surface area contributed by atoms with Gasteiger partial charge in [0.1, 0.15) is 6.61 Å². The van der Waals surface area contributed by atoms with Gasteiger partial charge in [-0.2, -0.15) is 0 Å². The van der Waals surface area contributed by atoms with Crippen LogP contribution in [0.15, 0.2) is 0 Å². The highest BCUT2D eigenvalue weighted by molar-refractivity contribution is 5.85. The summed E-state index contributed by atoms with van der Waals surface area (Å²) in [6.07, 6.45) is -1.47. The van der Waals surface area contributed by atoms with E-state index in [1.54, 1.807) is 0 Å². The Labute approximate surface area is 70.7 Å². The average Bonchev–Trinajstić information content (AvgIpc) is 2.34. The van der Waals surface area contributed by atoms with Crippen molar-refractivity contribution in [3.05, 3.63) is 0 Å². The van der Waals surface area contributed by atoms with E-state index < -0.39 is 13.0 Å². The highest BCUT2D eigenvalue weighted by Crippen LogP contribution is 2.04. The Hall–Kier alpha value is 0.0700. The van der Waals surface area contributed by atoms with Crippen LogP contribution in [0.3, 0.4) is 0 Å². The van der Waals surface area contributed by atoms with E-state index in [2.05, 4.69) is 5.32 Å². The number of hydrogen-bond acceptors (Lipinski definition) is 2. The van der Waals surface area contributed by atoms with Gasteiger partial charge in [0.15, 0.2) is 0 Å². The van der Waals surface area contributed by atoms with Gasteiger partial charge < -0.3 is 10.1 Å². The molecule has 1 aliphatic heterocycles. The molecule has 0 radical (unpaired) electrons. The number of halogens is 3. The molecule has 0 aliphatic carbocycles. The third kappa shape index (κ3) is 4.50. The van der Waals surface area contributed by atoms with Gasteiger partial charge >= 0.3 is 0 Å². The average molecular weight is 188 g/mol. The van der Waals surface area contributed by atoms with Crippen molar-refractivity contribution < 1.29 is 13.5 Å². The third-order valence-corrected chi connectivity index (χ3v) is 1.47. The lowest BCUT2D eigenvalue weighted by Crippen LogP contribution is -2.19. The Morgan fingerprint density at radius 1 is 1.55 bits per heavy atom. The Balaban J connectivity index is 0.000001000. The van der Waals surface area contributed by atoms with Gasteiger partial charge in [0, 0.05) is 6.54 Å². The van der Waals surface area contributed by atoms with Crippen LogP contribution in [0.2, 0.25) is 0 Å². The van der Waals surface area contributed by atoms with E-state index >= 15 is 0 Å². The largest absolute Gasteiger partial charge is 0.371 e. The number of alkyl halides is 2. The summed E-state index contributed by atoms with van der Waals surface area (Å²) >= 11 is 0. The zero-order valence-electron chi connectivity index (χ0n) is 6.06. The summed E-state index contributed by atoms with van der Waals surface area (Å²) in [6, 6.07) is 0. The second kappa shape index (κ2) is 5.69. The topological polar surface area (TPSA) is 21.3 Å². The van der Waals surface area contributed by atoms with Crippen molar-refractivity contribution in [3.63, 3.8) is 0 Å². The first-order valence-electron chi connectivity index (χ1n) is 3.39. The second-order valence-electron chi connectivity index (χ2n) is 2.34. The van der Waals surface area contributed by atoms with Gasteiger partial charge in [-0.1, -0.05) is 0 Å². The molecule has 5 heteroatoms. The molecule has 0 amide bonds. The number of rotatable bonds is 3. The summed E-state index contributed by atoms with van der Waals surface area (Å²) in [5.41, 5.74) is 0. The molecule has 0 unspecified atom stereocenters. The fourth-order valence-electron chi connectivity index (χ4n) is 0.979. The Morgan fingerprint density at radius 2 is 2.27 bits per heavy atom. The predicted molar refractivity (Wildman–Crippen MR) is 40.5 cm³/mol. The van der Waals surface area contributed by atoms with Gasteiger partial charge in [-0.15, -0.1) is 12.4 Å². The van der Waals surface area contributed by atoms with E-state index in [-0.39, 0.29) is 18.5 Å². The maximum absolute atomic E-state index is 11.5. The molecular weight excluding hydrogens is 176 g/mol. The van der Waals surface area contributed by atoms with E-state index in [0.717, 1.165) is 13.0 Å². The smallest absolute Gasteiger partial charge is 0.261 e. The number of hydrogen-bond donors (Lipinski definition) is 1. The Bertz CT molecular complexity index is 98.6. The van der Waals surface area contributed by atoms with E-state index in [1.807, 2.05) is 0 Å². The van der Waals surface area contributed by atoms with Crippen LogP contribution in [0.5, 0.6) is 0 Å². The highest BCUT2D eigenvalue weighted by atomic mass is 35.5. The van der Waals surface area contributed by atoms with Crippen molar-refractivity contribution in [2.75, 3.05) is 19.7 Å². The Kier molecular flexibility index (Phi) is 5.72. The highest BCUT2D eigenvalue weighted by Gasteiger charge is 2.16. The van der Waals surface area contributed by atoms with Crippen molar-refractivity contribution in [3.8, 4) is 0 Å². The summed E-state index contributed by atoms with van der Waals surface area (Å²) in [6.45, 7) is 1.17. The maximum Gasteiger partial charge on any atom is 0.261 e. The monoisotopic (exact) mass is 187 g/mol. The molecule has 68 valence electrons. The Morgan fingerprint density at radius 3 is 2.73 bits per heavy atom. The van der Waals surface area contributed by atoms with Crippen LogP contribution in [-0.2, 0) is 4.74 Å². The van der Waals surface area contributed by atoms with E-state index in [9.17, 15) is 8.78 Å². The summed E-state index contributed by atoms with van der Waals surface area (Å²) in [7, 11) is 0. The molecule has 0 aromatic carbocycles. The fourth-order valence-corrected chi connectivity index (χ4v) is 0.979. The van der Waals surface area contributed by atoms with E-state index in [1.165, 1.54) is 0 Å². The number of nitrogens with one attached hydrogen (secondary N) is 1. The molecule has 0 aromatic heterocycles. The van der Waals surface area contributed by atoms with E-state index in [0.29, 0.717) is 6.54 Å². The standard InChI is InChI=1S/C6H11F2NO.ClH/c7-6(8)4-10-5-1-2-9-3-5;/h5-6,9H,1-4H2;1H/t5-;/m1./s1. The van der Waals surface area contributed by atoms with Gasteiger partial charge in [-0.3, -0.25) is 0 Å². The van der Waals surface area contributed by atoms with Gasteiger partial charge in [0.25, 0.3) is 6.43 Å². The molecule has 0 spiro atoms. The SMILES string of the molecule is Cl.FC(F)CO[C@@H]1CCNC1. The summed E-state index contributed by atoms with van der Waals surface area (Å²) in [5.74, 6) is 0. The van der Waals surface area contributed by atoms with Crippen LogP contribution in [0, 0.1) is 0 Å². The molecule has 1 fully saturated rings. The van der Waals surface area contributed by atoms with Gasteiger partial charge in [0.05, 0.1) is 6.10 Å². The van der Waals surface area contributed by atoms with Gasteiger partial charge in [-0.05, 0) is 13.0 Å². The lowest BCUT2D eigenvalue weighted by Gasteiger charge is -2.08. The van der Waals surface area contributed by atoms with Gasteiger partial charge in [0.2, 0.25) is 0 Å².